The van der Waals surface area contributed by atoms with E-state index in [-0.39, 0.29) is 0 Å². The minimum atomic E-state index is 0.406. The van der Waals surface area contributed by atoms with Crippen LogP contribution in [0.25, 0.3) is 0 Å². The van der Waals surface area contributed by atoms with Gasteiger partial charge in [0.25, 0.3) is 0 Å². The van der Waals surface area contributed by atoms with E-state index in [1.54, 1.807) is 0 Å². The molecule has 2 nitrogen and oxygen atoms in total. The minimum absolute atomic E-state index is 0.406. The topological polar surface area (TPSA) is 15.6 Å². The molecule has 1 unspecified atom stereocenters. The van der Waals surface area contributed by atoms with Crippen molar-refractivity contribution in [2.24, 2.45) is 4.99 Å². The molecule has 0 aliphatic carbocycles. The van der Waals surface area contributed by atoms with Crippen LogP contribution in [0.3, 0.4) is 0 Å². The molecule has 0 amide bonds. The molecule has 0 saturated heterocycles. The molecule has 0 aromatic carbocycles. The summed E-state index contributed by atoms with van der Waals surface area (Å²) >= 11 is 5.82. The van der Waals surface area contributed by atoms with Gasteiger partial charge in [-0.1, -0.05) is 5.92 Å². The van der Waals surface area contributed by atoms with Crippen molar-refractivity contribution in [1.82, 2.24) is 4.90 Å². The van der Waals surface area contributed by atoms with Crippen molar-refractivity contribution in [2.75, 3.05) is 13.1 Å². The summed E-state index contributed by atoms with van der Waals surface area (Å²) in [7, 11) is 0. The van der Waals surface area contributed by atoms with Gasteiger partial charge in [0, 0.05) is 6.04 Å². The summed E-state index contributed by atoms with van der Waals surface area (Å²) in [4.78, 5) is 6.09. The maximum Gasteiger partial charge on any atom is 0.195 e. The highest BCUT2D eigenvalue weighted by atomic mass is 35.5. The zero-order valence-corrected chi connectivity index (χ0v) is 7.52. The number of hydrogen-bond donors (Lipinski definition) is 0. The number of hydrogen-bond acceptors (Lipinski definition) is 2. The Hall–Kier alpha value is -0.680. The van der Waals surface area contributed by atoms with Crippen LogP contribution in [0.1, 0.15) is 13.8 Å². The zero-order valence-electron chi connectivity index (χ0n) is 6.76. The maximum atomic E-state index is 5.82. The molecule has 0 fully saturated rings. The lowest BCUT2D eigenvalue weighted by molar-refractivity contribution is 0.408. The van der Waals surface area contributed by atoms with Crippen molar-refractivity contribution in [2.45, 2.75) is 19.9 Å². The highest BCUT2D eigenvalue weighted by Gasteiger charge is 2.20. The number of halogens is 1. The van der Waals surface area contributed by atoms with Gasteiger partial charge in [0.05, 0.1) is 13.1 Å². The largest absolute Gasteiger partial charge is 0.332 e. The second-order valence-corrected chi connectivity index (χ2v) is 2.85. The lowest BCUT2D eigenvalue weighted by Crippen LogP contribution is -2.32. The Kier molecular flexibility index (Phi) is 2.78. The fourth-order valence-corrected chi connectivity index (χ4v) is 1.26. The molecule has 1 heterocycles. The summed E-state index contributed by atoms with van der Waals surface area (Å²) in [5.74, 6) is 5.79. The van der Waals surface area contributed by atoms with E-state index in [2.05, 4.69) is 23.8 Å². The van der Waals surface area contributed by atoms with Crippen LogP contribution in [0.2, 0.25) is 0 Å². The Morgan fingerprint density at radius 3 is 3.00 bits per heavy atom. The summed E-state index contributed by atoms with van der Waals surface area (Å²) in [5.41, 5.74) is 0. The van der Waals surface area contributed by atoms with Crippen molar-refractivity contribution in [1.29, 1.82) is 0 Å². The standard InChI is InChI=1S/C8H11ClN2/c1-3-4-5-11-7(2)6-10-8(11)9/h7H,5-6H2,1-2H3. The average Bonchev–Trinajstić information content (AvgIpc) is 2.29. The monoisotopic (exact) mass is 170 g/mol. The van der Waals surface area contributed by atoms with Crippen LogP contribution in [0.4, 0.5) is 0 Å². The van der Waals surface area contributed by atoms with Crippen LogP contribution in [-0.2, 0) is 0 Å². The fourth-order valence-electron chi connectivity index (χ4n) is 0.964. The molecular formula is C8H11ClN2. The molecule has 1 atom stereocenters. The van der Waals surface area contributed by atoms with E-state index >= 15 is 0 Å². The highest BCUT2D eigenvalue weighted by molar-refractivity contribution is 6.64. The van der Waals surface area contributed by atoms with Crippen molar-refractivity contribution in [3.05, 3.63) is 0 Å². The molecular weight excluding hydrogens is 160 g/mol. The van der Waals surface area contributed by atoms with Crippen LogP contribution in [-0.4, -0.2) is 29.3 Å². The zero-order chi connectivity index (χ0) is 8.27. The van der Waals surface area contributed by atoms with E-state index < -0.39 is 0 Å². The van der Waals surface area contributed by atoms with Crippen molar-refractivity contribution >= 4 is 16.9 Å². The van der Waals surface area contributed by atoms with Crippen molar-refractivity contribution in [3.63, 3.8) is 0 Å². The van der Waals surface area contributed by atoms with Crippen LogP contribution < -0.4 is 0 Å². The van der Waals surface area contributed by atoms with Crippen LogP contribution in [0, 0.1) is 11.8 Å². The molecule has 0 spiro atoms. The molecule has 0 aromatic heterocycles. The Balaban J connectivity index is 2.53. The number of aliphatic imine (C=N–C) groups is 1. The third kappa shape index (κ3) is 1.87. The van der Waals surface area contributed by atoms with E-state index in [0.717, 1.165) is 6.54 Å². The first-order chi connectivity index (χ1) is 5.25. The van der Waals surface area contributed by atoms with Crippen molar-refractivity contribution < 1.29 is 0 Å². The van der Waals surface area contributed by atoms with E-state index in [4.69, 9.17) is 11.6 Å². The second kappa shape index (κ2) is 3.64. The predicted molar refractivity (Wildman–Crippen MR) is 47.8 cm³/mol. The Bertz CT molecular complexity index is 224. The quantitative estimate of drug-likeness (QED) is 0.428. The molecule has 0 N–H and O–H groups in total. The van der Waals surface area contributed by atoms with Gasteiger partial charge in [0.1, 0.15) is 0 Å². The molecule has 60 valence electrons. The lowest BCUT2D eigenvalue weighted by atomic mass is 10.3. The summed E-state index contributed by atoms with van der Waals surface area (Å²) < 4.78 is 0. The summed E-state index contributed by atoms with van der Waals surface area (Å²) in [5, 5.41) is 0.597. The van der Waals surface area contributed by atoms with Crippen LogP contribution >= 0.6 is 11.6 Å². The average molecular weight is 171 g/mol. The molecule has 0 radical (unpaired) electrons. The van der Waals surface area contributed by atoms with E-state index in [0.29, 0.717) is 17.9 Å². The van der Waals surface area contributed by atoms with E-state index in [1.807, 2.05) is 11.8 Å². The minimum Gasteiger partial charge on any atom is -0.332 e. The summed E-state index contributed by atoms with van der Waals surface area (Å²) in [6.45, 7) is 5.41. The van der Waals surface area contributed by atoms with Gasteiger partial charge in [-0.3, -0.25) is 4.99 Å². The Morgan fingerprint density at radius 2 is 2.55 bits per heavy atom. The van der Waals surface area contributed by atoms with Gasteiger partial charge >= 0.3 is 0 Å². The third-order valence-electron chi connectivity index (χ3n) is 1.68. The summed E-state index contributed by atoms with van der Waals surface area (Å²) in [6.07, 6.45) is 0. The summed E-state index contributed by atoms with van der Waals surface area (Å²) in [6, 6.07) is 0.406. The Labute approximate surface area is 72.2 Å². The first-order valence-corrected chi connectivity index (χ1v) is 3.99. The third-order valence-corrected chi connectivity index (χ3v) is 2.02. The van der Waals surface area contributed by atoms with E-state index in [1.165, 1.54) is 0 Å². The molecule has 1 aliphatic heterocycles. The molecule has 1 rings (SSSR count). The molecule has 0 bridgehead atoms. The van der Waals surface area contributed by atoms with Gasteiger partial charge in [0.15, 0.2) is 5.29 Å². The fraction of sp³-hybridized carbons (Fsp3) is 0.625. The van der Waals surface area contributed by atoms with Crippen LogP contribution in [0.5, 0.6) is 0 Å². The van der Waals surface area contributed by atoms with Gasteiger partial charge < -0.3 is 4.90 Å². The molecule has 11 heavy (non-hydrogen) atoms. The first kappa shape index (κ1) is 8.42. The SMILES string of the molecule is CC#CCN1C(Cl)=NCC1C. The van der Waals surface area contributed by atoms with E-state index in [9.17, 15) is 0 Å². The maximum absolute atomic E-state index is 5.82. The molecule has 3 heteroatoms. The predicted octanol–water partition coefficient (Wildman–Crippen LogP) is 1.31. The van der Waals surface area contributed by atoms with Gasteiger partial charge in [-0.15, -0.1) is 5.92 Å². The lowest BCUT2D eigenvalue weighted by Gasteiger charge is -2.18. The number of rotatable bonds is 1. The first-order valence-electron chi connectivity index (χ1n) is 3.62. The Morgan fingerprint density at radius 1 is 1.82 bits per heavy atom. The van der Waals surface area contributed by atoms with Crippen molar-refractivity contribution in [3.8, 4) is 11.8 Å². The van der Waals surface area contributed by atoms with Gasteiger partial charge in [-0.05, 0) is 25.4 Å². The molecule has 0 aromatic rings. The normalized spacial score (nSPS) is 22.6. The second-order valence-electron chi connectivity index (χ2n) is 2.51. The van der Waals surface area contributed by atoms with Gasteiger partial charge in [-0.2, -0.15) is 0 Å². The van der Waals surface area contributed by atoms with Gasteiger partial charge in [-0.25, -0.2) is 0 Å². The smallest absolute Gasteiger partial charge is 0.195 e. The van der Waals surface area contributed by atoms with Crippen LogP contribution in [0.15, 0.2) is 4.99 Å². The highest BCUT2D eigenvalue weighted by Crippen LogP contribution is 2.11. The number of amidine groups is 1. The molecule has 1 aliphatic rings. The molecule has 0 saturated carbocycles. The van der Waals surface area contributed by atoms with Gasteiger partial charge in [0.2, 0.25) is 0 Å². The number of nitrogens with zero attached hydrogens (tertiary/aromatic N) is 2.